The van der Waals surface area contributed by atoms with E-state index < -0.39 is 0 Å². The van der Waals surface area contributed by atoms with Crippen LogP contribution < -0.4 is 14.8 Å². The molecule has 0 amide bonds. The molecule has 0 radical (unpaired) electrons. The van der Waals surface area contributed by atoms with Crippen LogP contribution >= 0.6 is 27.5 Å². The fraction of sp³-hybridized carbons (Fsp3) is 0.217. The van der Waals surface area contributed by atoms with Crippen LogP contribution in [0.1, 0.15) is 23.6 Å². The van der Waals surface area contributed by atoms with Crippen molar-refractivity contribution in [1.29, 1.82) is 0 Å². The smallest absolute Gasteiger partial charge is 0.162 e. The van der Waals surface area contributed by atoms with Crippen LogP contribution in [0, 0.1) is 0 Å². The van der Waals surface area contributed by atoms with Crippen LogP contribution in [0.2, 0.25) is 5.02 Å². The average Bonchev–Trinajstić information content (AvgIpc) is 2.71. The van der Waals surface area contributed by atoms with Crippen molar-refractivity contribution in [3.8, 4) is 11.5 Å². The Bertz CT molecular complexity index is 885. The van der Waals surface area contributed by atoms with Crippen molar-refractivity contribution in [3.05, 3.63) is 92.9 Å². The summed E-state index contributed by atoms with van der Waals surface area (Å²) in [6.45, 7) is 4.54. The number of benzene rings is 3. The van der Waals surface area contributed by atoms with Gasteiger partial charge in [-0.2, -0.15) is 0 Å². The zero-order chi connectivity index (χ0) is 19.8. The summed E-state index contributed by atoms with van der Waals surface area (Å²) in [6, 6.07) is 22.0. The van der Waals surface area contributed by atoms with Crippen LogP contribution in [-0.2, 0) is 19.7 Å². The van der Waals surface area contributed by atoms with Gasteiger partial charge in [0.1, 0.15) is 6.61 Å². The molecule has 0 aliphatic carbocycles. The molecule has 0 atom stereocenters. The molecule has 0 spiro atoms. The zero-order valence-corrected chi connectivity index (χ0v) is 18.1. The van der Waals surface area contributed by atoms with E-state index in [0.717, 1.165) is 40.2 Å². The summed E-state index contributed by atoms with van der Waals surface area (Å²) >= 11 is 9.60. The summed E-state index contributed by atoms with van der Waals surface area (Å²) < 4.78 is 12.8. The maximum absolute atomic E-state index is 6.01. The molecule has 0 aliphatic heterocycles. The quantitative estimate of drug-likeness (QED) is 0.402. The van der Waals surface area contributed by atoms with Gasteiger partial charge in [0.05, 0.1) is 6.61 Å². The highest BCUT2D eigenvalue weighted by Gasteiger charge is 2.11. The molecule has 0 heterocycles. The van der Waals surface area contributed by atoms with Crippen LogP contribution in [0.25, 0.3) is 0 Å². The Kier molecular flexibility index (Phi) is 7.78. The summed E-state index contributed by atoms with van der Waals surface area (Å²) in [5, 5.41) is 4.19. The first-order valence-electron chi connectivity index (χ1n) is 9.23. The third-order valence-electron chi connectivity index (χ3n) is 4.21. The fourth-order valence-corrected chi connectivity index (χ4v) is 3.36. The second kappa shape index (κ2) is 10.5. The molecule has 0 bridgehead atoms. The van der Waals surface area contributed by atoms with E-state index in [1.165, 1.54) is 5.56 Å². The van der Waals surface area contributed by atoms with Crippen LogP contribution in [0.15, 0.2) is 71.2 Å². The van der Waals surface area contributed by atoms with Gasteiger partial charge >= 0.3 is 0 Å². The molecule has 0 aromatic heterocycles. The first-order valence-corrected chi connectivity index (χ1v) is 10.4. The maximum atomic E-state index is 6.01. The molecule has 3 rings (SSSR count). The zero-order valence-electron chi connectivity index (χ0n) is 15.8. The Hall–Kier alpha value is -2.01. The summed E-state index contributed by atoms with van der Waals surface area (Å²) in [7, 11) is 0. The van der Waals surface area contributed by atoms with E-state index in [9.17, 15) is 0 Å². The lowest BCUT2D eigenvalue weighted by molar-refractivity contribution is 0.269. The van der Waals surface area contributed by atoms with Crippen molar-refractivity contribution >= 4 is 27.5 Å². The average molecular weight is 461 g/mol. The molecule has 0 aliphatic rings. The van der Waals surface area contributed by atoms with Crippen LogP contribution in [0.3, 0.4) is 0 Å². The van der Waals surface area contributed by atoms with Crippen molar-refractivity contribution < 1.29 is 9.47 Å². The topological polar surface area (TPSA) is 30.5 Å². The van der Waals surface area contributed by atoms with Crippen LogP contribution in [0.4, 0.5) is 0 Å². The molecule has 146 valence electrons. The van der Waals surface area contributed by atoms with E-state index in [1.54, 1.807) is 0 Å². The van der Waals surface area contributed by atoms with E-state index in [2.05, 4.69) is 33.4 Å². The van der Waals surface area contributed by atoms with Crippen molar-refractivity contribution in [3.63, 3.8) is 0 Å². The van der Waals surface area contributed by atoms with Gasteiger partial charge in [0.2, 0.25) is 0 Å². The summed E-state index contributed by atoms with van der Waals surface area (Å²) in [4.78, 5) is 0. The molecule has 0 saturated carbocycles. The standard InChI is InChI=1S/C23H23BrClNO2/c1-2-27-22-12-19(15-26-14-17-6-4-3-5-7-17)21(24)13-23(22)28-16-18-8-10-20(25)11-9-18/h3-13,26H,2,14-16H2,1H3. The van der Waals surface area contributed by atoms with Crippen molar-refractivity contribution in [2.75, 3.05) is 6.61 Å². The van der Waals surface area contributed by atoms with Gasteiger partial charge in [0.25, 0.3) is 0 Å². The number of rotatable bonds is 9. The SMILES string of the molecule is CCOc1cc(CNCc2ccccc2)c(Br)cc1OCc1ccc(Cl)cc1. The first kappa shape index (κ1) is 20.7. The number of nitrogens with one attached hydrogen (secondary N) is 1. The predicted octanol–water partition coefficient (Wildman–Crippen LogP) is 6.37. The van der Waals surface area contributed by atoms with E-state index in [4.69, 9.17) is 21.1 Å². The Morgan fingerprint density at radius 2 is 1.57 bits per heavy atom. The molecule has 1 N–H and O–H groups in total. The molecule has 3 nitrogen and oxygen atoms in total. The minimum atomic E-state index is 0.454. The van der Waals surface area contributed by atoms with Crippen LogP contribution in [-0.4, -0.2) is 6.61 Å². The Morgan fingerprint density at radius 1 is 0.857 bits per heavy atom. The number of hydrogen-bond acceptors (Lipinski definition) is 3. The number of hydrogen-bond donors (Lipinski definition) is 1. The van der Waals surface area contributed by atoms with E-state index >= 15 is 0 Å². The summed E-state index contributed by atoms with van der Waals surface area (Å²) in [6.07, 6.45) is 0. The van der Waals surface area contributed by atoms with Crippen molar-refractivity contribution in [1.82, 2.24) is 5.32 Å². The van der Waals surface area contributed by atoms with Gasteiger partial charge in [-0.1, -0.05) is 70.0 Å². The predicted molar refractivity (Wildman–Crippen MR) is 118 cm³/mol. The van der Waals surface area contributed by atoms with Crippen molar-refractivity contribution in [2.45, 2.75) is 26.6 Å². The molecular weight excluding hydrogens is 438 g/mol. The second-order valence-electron chi connectivity index (χ2n) is 6.33. The van der Waals surface area contributed by atoms with Gasteiger partial charge in [-0.3, -0.25) is 0 Å². The second-order valence-corrected chi connectivity index (χ2v) is 7.62. The highest BCUT2D eigenvalue weighted by molar-refractivity contribution is 9.10. The van der Waals surface area contributed by atoms with Gasteiger partial charge in [0, 0.05) is 22.6 Å². The Labute approximate surface area is 179 Å². The van der Waals surface area contributed by atoms with Crippen LogP contribution in [0.5, 0.6) is 11.5 Å². The molecule has 3 aromatic carbocycles. The minimum Gasteiger partial charge on any atom is -0.490 e. The van der Waals surface area contributed by atoms with Gasteiger partial charge in [0.15, 0.2) is 11.5 Å². The molecule has 5 heteroatoms. The summed E-state index contributed by atoms with van der Waals surface area (Å²) in [5.41, 5.74) is 3.43. The van der Waals surface area contributed by atoms with E-state index in [1.807, 2.05) is 61.5 Å². The fourth-order valence-electron chi connectivity index (χ4n) is 2.77. The first-order chi connectivity index (χ1) is 13.7. The lowest BCUT2D eigenvalue weighted by Crippen LogP contribution is -2.13. The molecular formula is C23H23BrClNO2. The third kappa shape index (κ3) is 5.99. The van der Waals surface area contributed by atoms with E-state index in [-0.39, 0.29) is 0 Å². The minimum absolute atomic E-state index is 0.454. The van der Waals surface area contributed by atoms with E-state index in [0.29, 0.717) is 18.2 Å². The molecule has 0 unspecified atom stereocenters. The molecule has 28 heavy (non-hydrogen) atoms. The lowest BCUT2D eigenvalue weighted by Gasteiger charge is -2.15. The van der Waals surface area contributed by atoms with Gasteiger partial charge in [-0.05, 0) is 47.9 Å². The highest BCUT2D eigenvalue weighted by Crippen LogP contribution is 2.34. The third-order valence-corrected chi connectivity index (χ3v) is 5.20. The van der Waals surface area contributed by atoms with Gasteiger partial charge < -0.3 is 14.8 Å². The maximum Gasteiger partial charge on any atom is 0.162 e. The highest BCUT2D eigenvalue weighted by atomic mass is 79.9. The Balaban J connectivity index is 1.67. The molecule has 0 saturated heterocycles. The molecule has 0 fully saturated rings. The van der Waals surface area contributed by atoms with Gasteiger partial charge in [-0.25, -0.2) is 0 Å². The summed E-state index contributed by atoms with van der Waals surface area (Å²) in [5.74, 6) is 1.46. The lowest BCUT2D eigenvalue weighted by atomic mass is 10.1. The van der Waals surface area contributed by atoms with Gasteiger partial charge in [-0.15, -0.1) is 0 Å². The number of halogens is 2. The van der Waals surface area contributed by atoms with Crippen molar-refractivity contribution in [2.24, 2.45) is 0 Å². The largest absolute Gasteiger partial charge is 0.490 e. The number of ether oxygens (including phenoxy) is 2. The normalized spacial score (nSPS) is 10.7. The Morgan fingerprint density at radius 3 is 2.29 bits per heavy atom. The monoisotopic (exact) mass is 459 g/mol. The molecule has 3 aromatic rings.